The lowest BCUT2D eigenvalue weighted by Crippen LogP contribution is -2.70. The van der Waals surface area contributed by atoms with Crippen LogP contribution in [-0.4, -0.2) is 70.3 Å². The van der Waals surface area contributed by atoms with Crippen molar-refractivity contribution < 1.29 is 38.9 Å². The van der Waals surface area contributed by atoms with E-state index in [2.05, 4.69) is 62.0 Å². The van der Waals surface area contributed by atoms with Crippen molar-refractivity contribution in [2.75, 3.05) is 19.8 Å². The van der Waals surface area contributed by atoms with E-state index in [-0.39, 0.29) is 43.5 Å². The van der Waals surface area contributed by atoms with Crippen LogP contribution in [0.25, 0.3) is 10.8 Å². The van der Waals surface area contributed by atoms with E-state index >= 15 is 4.79 Å². The third-order valence-electron chi connectivity index (χ3n) is 14.7. The number of fused-ring (bicyclic) bond motifs is 3. The van der Waals surface area contributed by atoms with Crippen molar-refractivity contribution in [2.45, 2.75) is 167 Å². The van der Waals surface area contributed by atoms with Crippen LogP contribution in [0.4, 0.5) is 0 Å². The second-order valence-electron chi connectivity index (χ2n) is 21.0. The van der Waals surface area contributed by atoms with E-state index < -0.39 is 23.3 Å². The average Bonchev–Trinajstić information content (AvgIpc) is 3.37. The monoisotopic (exact) mass is 969 g/mol. The number of nitrogens with zero attached hydrogens (tertiary/aromatic N) is 2. The molecule has 4 aromatic rings. The van der Waals surface area contributed by atoms with Gasteiger partial charge in [0.25, 0.3) is 0 Å². The molecule has 2 N–H and O–H groups in total. The number of hydrogen-bond acceptors (Lipinski definition) is 9. The fourth-order valence-electron chi connectivity index (χ4n) is 11.4. The summed E-state index contributed by atoms with van der Waals surface area (Å²) in [6.07, 6.45) is 20.6. The van der Waals surface area contributed by atoms with Gasteiger partial charge in [-0.25, -0.2) is 0 Å². The van der Waals surface area contributed by atoms with Crippen molar-refractivity contribution in [3.8, 4) is 17.2 Å². The number of allylic oxidation sites excluding steroid dienone is 1. The first kappa shape index (κ1) is 53.5. The van der Waals surface area contributed by atoms with E-state index in [1.807, 2.05) is 56.0 Å². The fraction of sp³-hybridized carbons (Fsp3) is 0.525. The molecule has 4 aromatic carbocycles. The molecule has 0 bridgehead atoms. The van der Waals surface area contributed by atoms with Gasteiger partial charge in [0.05, 0.1) is 18.2 Å². The highest BCUT2D eigenvalue weighted by atomic mass is 16.7. The third kappa shape index (κ3) is 13.4. The molecule has 10 nitrogen and oxygen atoms in total. The maximum Gasteiger partial charge on any atom is 0.239 e. The molecular weight excluding hydrogens is 889 g/mol. The molecule has 1 saturated carbocycles. The SMILES string of the molecule is C=CCO[C@@]12Oc3ccc(Oc4cccc(C=O)c4)cc3[C@H]3[C@H](CCCCO)[C@@H](CCCCO)C=C(C(=NOC(C)(C)C)C[C@@H]1N(Cc1cccc4ccccc14)C(=O)CCCCCCCCCCC)[C@H]32. The number of carbonyl (C=O) groups excluding carboxylic acids is 2. The zero-order valence-corrected chi connectivity index (χ0v) is 43.0. The van der Waals surface area contributed by atoms with Crippen LogP contribution >= 0.6 is 0 Å². The van der Waals surface area contributed by atoms with Crippen LogP contribution in [0.3, 0.4) is 0 Å². The van der Waals surface area contributed by atoms with Crippen molar-refractivity contribution in [3.63, 3.8) is 0 Å². The number of ether oxygens (including phenoxy) is 3. The second-order valence-corrected chi connectivity index (χ2v) is 21.0. The van der Waals surface area contributed by atoms with Crippen molar-refractivity contribution >= 4 is 28.7 Å². The fourth-order valence-corrected chi connectivity index (χ4v) is 11.4. The normalized spacial score (nSPS) is 22.0. The summed E-state index contributed by atoms with van der Waals surface area (Å²) in [5.74, 6) is -0.128. The molecule has 6 atom stereocenters. The number of aldehydes is 1. The van der Waals surface area contributed by atoms with E-state index in [0.717, 1.165) is 84.4 Å². The molecule has 3 aliphatic rings. The number of rotatable bonds is 28. The number of amides is 1. The average molecular weight is 969 g/mol. The van der Waals surface area contributed by atoms with Crippen LogP contribution in [0, 0.1) is 17.8 Å². The van der Waals surface area contributed by atoms with E-state index in [4.69, 9.17) is 24.2 Å². The minimum absolute atomic E-state index is 0.0420. The van der Waals surface area contributed by atoms with Gasteiger partial charge in [0.1, 0.15) is 35.2 Å². The van der Waals surface area contributed by atoms with E-state index in [1.54, 1.807) is 18.2 Å². The summed E-state index contributed by atoms with van der Waals surface area (Å²) in [6.45, 7) is 13.1. The quantitative estimate of drug-likeness (QED) is 0.0249. The smallest absolute Gasteiger partial charge is 0.239 e. The minimum atomic E-state index is -1.40. The van der Waals surface area contributed by atoms with Crippen LogP contribution in [0.2, 0.25) is 0 Å². The number of carbonyl (C=O) groups is 2. The predicted molar refractivity (Wildman–Crippen MR) is 284 cm³/mol. The molecule has 0 aromatic heterocycles. The molecule has 1 aliphatic heterocycles. The van der Waals surface area contributed by atoms with Gasteiger partial charge < -0.3 is 34.2 Å². The Hall–Kier alpha value is -5.29. The predicted octanol–water partition coefficient (Wildman–Crippen LogP) is 13.8. The Kier molecular flexibility index (Phi) is 19.5. The zero-order chi connectivity index (χ0) is 50.2. The van der Waals surface area contributed by atoms with Crippen LogP contribution < -0.4 is 9.47 Å². The second kappa shape index (κ2) is 25.9. The Morgan fingerprint density at radius 3 is 2.28 bits per heavy atom. The number of benzene rings is 4. The van der Waals surface area contributed by atoms with Crippen LogP contribution in [0.5, 0.6) is 17.2 Å². The van der Waals surface area contributed by atoms with Crippen molar-refractivity contribution in [1.29, 1.82) is 0 Å². The van der Waals surface area contributed by atoms with Gasteiger partial charge in [-0.05, 0) is 117 Å². The summed E-state index contributed by atoms with van der Waals surface area (Å²) >= 11 is 0. The van der Waals surface area contributed by atoms with Crippen molar-refractivity contribution in [1.82, 2.24) is 4.90 Å². The Labute approximate surface area is 423 Å². The first-order chi connectivity index (χ1) is 34.5. The molecule has 71 heavy (non-hydrogen) atoms. The lowest BCUT2D eigenvalue weighted by molar-refractivity contribution is -0.258. The Bertz CT molecular complexity index is 2430. The van der Waals surface area contributed by atoms with Gasteiger partial charge in [-0.2, -0.15) is 0 Å². The Balaban J connectivity index is 1.41. The molecule has 382 valence electrons. The molecule has 1 amide bonds. The topological polar surface area (TPSA) is 127 Å². The number of oxime groups is 1. The number of hydrogen-bond donors (Lipinski definition) is 2. The maximum absolute atomic E-state index is 15.5. The van der Waals surface area contributed by atoms with Crippen LogP contribution in [0.15, 0.2) is 114 Å². The molecular formula is C61H80N2O8. The van der Waals surface area contributed by atoms with E-state index in [1.165, 1.54) is 38.5 Å². The van der Waals surface area contributed by atoms with Crippen molar-refractivity contribution in [3.05, 3.63) is 126 Å². The maximum atomic E-state index is 15.5. The molecule has 0 radical (unpaired) electrons. The summed E-state index contributed by atoms with van der Waals surface area (Å²) in [5, 5.41) is 27.4. The van der Waals surface area contributed by atoms with Gasteiger partial charge in [-0.15, -0.1) is 6.58 Å². The van der Waals surface area contributed by atoms with Gasteiger partial charge in [0.2, 0.25) is 11.7 Å². The van der Waals surface area contributed by atoms with E-state index in [0.29, 0.717) is 55.0 Å². The van der Waals surface area contributed by atoms with Crippen molar-refractivity contribution in [2.24, 2.45) is 22.9 Å². The molecule has 1 heterocycles. The molecule has 10 heteroatoms. The van der Waals surface area contributed by atoms with Gasteiger partial charge >= 0.3 is 0 Å². The van der Waals surface area contributed by atoms with Gasteiger partial charge in [0, 0.05) is 49.6 Å². The zero-order valence-electron chi connectivity index (χ0n) is 43.0. The lowest BCUT2D eigenvalue weighted by atomic mass is 9.55. The molecule has 0 saturated heterocycles. The standard InChI is InChI=1S/C61H80N2O8/c1-6-8-9-10-11-12-13-14-15-32-57(67)63(42-47-28-23-27-45-25-16-17-30-50(45)47)56-41-54(62-71-60(3,4)5)52-39-46(26-18-20-35-64)51(31-19-21-36-65)58-53-40-49(69-48-29-22-24-44(38-48)43-66)33-34-55(53)70-61(56,59(52)58)68-37-7-2/h7,16-17,22-25,27-30,33-34,38-40,43,46,51,56,58-59,64-65H,2,6,8-15,18-21,26,31-32,35-37,41-42H2,1,3-5H3/t46-,51+,56-,58+,59+,61+/m0/s1. The Morgan fingerprint density at radius 1 is 0.845 bits per heavy atom. The highest BCUT2D eigenvalue weighted by molar-refractivity contribution is 6.03. The summed E-state index contributed by atoms with van der Waals surface area (Å²) < 4.78 is 21.5. The van der Waals surface area contributed by atoms with Crippen LogP contribution in [-0.2, 0) is 20.9 Å². The molecule has 0 unspecified atom stereocenters. The summed E-state index contributed by atoms with van der Waals surface area (Å²) in [4.78, 5) is 35.8. The lowest BCUT2D eigenvalue weighted by Gasteiger charge is -2.60. The highest BCUT2D eigenvalue weighted by Crippen LogP contribution is 2.62. The van der Waals surface area contributed by atoms with Gasteiger partial charge in [-0.1, -0.05) is 143 Å². The third-order valence-corrected chi connectivity index (χ3v) is 14.7. The first-order valence-electron chi connectivity index (χ1n) is 26.8. The summed E-state index contributed by atoms with van der Waals surface area (Å²) in [7, 11) is 0. The number of aliphatic hydroxyl groups is 2. The van der Waals surface area contributed by atoms with Gasteiger partial charge in [-0.3, -0.25) is 9.59 Å². The first-order valence-corrected chi connectivity index (χ1v) is 26.8. The molecule has 7 rings (SSSR count). The number of aliphatic hydroxyl groups excluding tert-OH is 2. The van der Waals surface area contributed by atoms with E-state index in [9.17, 15) is 15.0 Å². The summed E-state index contributed by atoms with van der Waals surface area (Å²) in [5.41, 5.74) is 3.66. The minimum Gasteiger partial charge on any atom is -0.459 e. The largest absolute Gasteiger partial charge is 0.459 e. The number of unbranched alkanes of at least 4 members (excludes halogenated alkanes) is 10. The summed E-state index contributed by atoms with van der Waals surface area (Å²) in [6, 6.07) is 27.1. The Morgan fingerprint density at radius 2 is 1.55 bits per heavy atom. The molecule has 2 aliphatic carbocycles. The molecule has 1 fully saturated rings. The van der Waals surface area contributed by atoms with Crippen LogP contribution in [0.1, 0.15) is 164 Å². The highest BCUT2D eigenvalue weighted by Gasteiger charge is 2.65. The van der Waals surface area contributed by atoms with Gasteiger partial charge in [0.15, 0.2) is 0 Å². The molecule has 0 spiro atoms.